The SMILES string of the molecule is Cc1ccc(S(=O)(=O)N2Cc3c(Br)nc(N4CCOCC4)c(C)c3C2)cc1. The van der Waals surface area contributed by atoms with E-state index >= 15 is 0 Å². The van der Waals surface area contributed by atoms with Gasteiger partial charge in [0.1, 0.15) is 10.4 Å². The molecule has 0 aliphatic carbocycles. The molecule has 0 N–H and O–H groups in total. The van der Waals surface area contributed by atoms with Gasteiger partial charge in [-0.15, -0.1) is 0 Å². The van der Waals surface area contributed by atoms with Crippen molar-refractivity contribution in [3.05, 3.63) is 51.1 Å². The summed E-state index contributed by atoms with van der Waals surface area (Å²) in [6.07, 6.45) is 0. The molecule has 1 saturated heterocycles. The number of hydrogen-bond acceptors (Lipinski definition) is 5. The van der Waals surface area contributed by atoms with E-state index in [-0.39, 0.29) is 0 Å². The third-order valence-corrected chi connectivity index (χ3v) is 7.71. The maximum Gasteiger partial charge on any atom is 0.243 e. The highest BCUT2D eigenvalue weighted by atomic mass is 79.9. The maximum absolute atomic E-state index is 13.1. The number of pyridine rings is 1. The fourth-order valence-electron chi connectivity index (χ4n) is 3.63. The monoisotopic (exact) mass is 451 g/mol. The molecule has 0 saturated carbocycles. The molecule has 4 rings (SSSR count). The Kier molecular flexibility index (Phi) is 5.00. The number of aromatic nitrogens is 1. The highest BCUT2D eigenvalue weighted by Crippen LogP contribution is 2.37. The third-order valence-electron chi connectivity index (χ3n) is 5.24. The molecule has 0 amide bonds. The lowest BCUT2D eigenvalue weighted by Crippen LogP contribution is -2.37. The van der Waals surface area contributed by atoms with Crippen LogP contribution in [0.1, 0.15) is 22.3 Å². The molecule has 1 fully saturated rings. The van der Waals surface area contributed by atoms with Crippen LogP contribution in [0.15, 0.2) is 33.8 Å². The molecule has 0 bridgehead atoms. The number of hydrogen-bond donors (Lipinski definition) is 0. The van der Waals surface area contributed by atoms with Crippen molar-refractivity contribution >= 4 is 31.8 Å². The molecule has 1 aromatic carbocycles. The summed E-state index contributed by atoms with van der Waals surface area (Å²) >= 11 is 3.57. The van der Waals surface area contributed by atoms with Crippen LogP contribution in [0.4, 0.5) is 5.82 Å². The quantitative estimate of drug-likeness (QED) is 0.671. The van der Waals surface area contributed by atoms with Crippen LogP contribution < -0.4 is 4.90 Å². The molecule has 0 spiro atoms. The molecule has 0 atom stereocenters. The lowest BCUT2D eigenvalue weighted by Gasteiger charge is -2.30. The number of aryl methyl sites for hydroxylation is 1. The molecule has 6 nitrogen and oxygen atoms in total. The number of fused-ring (bicyclic) bond motifs is 1. The molecule has 2 aliphatic heterocycles. The van der Waals surface area contributed by atoms with Gasteiger partial charge in [-0.3, -0.25) is 0 Å². The second kappa shape index (κ2) is 7.16. The number of anilines is 1. The zero-order chi connectivity index (χ0) is 19.2. The Bertz CT molecular complexity index is 971. The van der Waals surface area contributed by atoms with Crippen LogP contribution in [-0.2, 0) is 27.8 Å². The van der Waals surface area contributed by atoms with Crippen molar-refractivity contribution < 1.29 is 13.2 Å². The van der Waals surface area contributed by atoms with E-state index in [1.54, 1.807) is 12.1 Å². The molecular weight excluding hydrogens is 430 g/mol. The highest BCUT2D eigenvalue weighted by Gasteiger charge is 2.34. The number of nitrogens with zero attached hydrogens (tertiary/aromatic N) is 3. The van der Waals surface area contributed by atoms with Crippen molar-refractivity contribution in [3.8, 4) is 0 Å². The lowest BCUT2D eigenvalue weighted by atomic mass is 10.1. The number of ether oxygens (including phenoxy) is 1. The van der Waals surface area contributed by atoms with E-state index in [1.807, 2.05) is 26.0 Å². The zero-order valence-corrected chi connectivity index (χ0v) is 17.8. The average Bonchev–Trinajstić information content (AvgIpc) is 3.13. The first-order valence-electron chi connectivity index (χ1n) is 8.95. The largest absolute Gasteiger partial charge is 0.378 e. The van der Waals surface area contributed by atoms with E-state index in [0.29, 0.717) is 31.2 Å². The fourth-order valence-corrected chi connectivity index (χ4v) is 5.53. The average molecular weight is 452 g/mol. The predicted molar refractivity (Wildman–Crippen MR) is 107 cm³/mol. The maximum atomic E-state index is 13.1. The summed E-state index contributed by atoms with van der Waals surface area (Å²) in [5.74, 6) is 0.915. The van der Waals surface area contributed by atoms with Crippen LogP contribution in [0.2, 0.25) is 0 Å². The summed E-state index contributed by atoms with van der Waals surface area (Å²) in [6, 6.07) is 7.00. The van der Waals surface area contributed by atoms with Crippen LogP contribution in [0.3, 0.4) is 0 Å². The zero-order valence-electron chi connectivity index (χ0n) is 15.4. The predicted octanol–water partition coefficient (Wildman–Crippen LogP) is 3.00. The van der Waals surface area contributed by atoms with Gasteiger partial charge in [-0.2, -0.15) is 4.31 Å². The third kappa shape index (κ3) is 3.40. The van der Waals surface area contributed by atoms with Gasteiger partial charge in [0.2, 0.25) is 10.0 Å². The van der Waals surface area contributed by atoms with Crippen molar-refractivity contribution in [2.75, 3.05) is 31.2 Å². The number of morpholine rings is 1. The summed E-state index contributed by atoms with van der Waals surface area (Å²) in [7, 11) is -3.54. The topological polar surface area (TPSA) is 62.7 Å². The minimum Gasteiger partial charge on any atom is -0.378 e. The van der Waals surface area contributed by atoms with Crippen molar-refractivity contribution in [1.82, 2.24) is 9.29 Å². The number of halogens is 1. The van der Waals surface area contributed by atoms with Crippen molar-refractivity contribution in [1.29, 1.82) is 0 Å². The smallest absolute Gasteiger partial charge is 0.243 e. The molecule has 2 aromatic rings. The summed E-state index contributed by atoms with van der Waals surface area (Å²) in [5, 5.41) is 0. The van der Waals surface area contributed by atoms with Crippen molar-refractivity contribution in [2.24, 2.45) is 0 Å². The van der Waals surface area contributed by atoms with Gasteiger partial charge in [0.05, 0.1) is 18.1 Å². The summed E-state index contributed by atoms with van der Waals surface area (Å²) < 4.78 is 33.9. The number of benzene rings is 1. The molecule has 0 radical (unpaired) electrons. The summed E-state index contributed by atoms with van der Waals surface area (Å²) in [6.45, 7) is 7.65. The second-order valence-corrected chi connectivity index (χ2v) is 9.68. The molecule has 27 heavy (non-hydrogen) atoms. The highest BCUT2D eigenvalue weighted by molar-refractivity contribution is 9.10. The van der Waals surface area contributed by atoms with Gasteiger partial charge in [0.25, 0.3) is 0 Å². The number of sulfonamides is 1. The van der Waals surface area contributed by atoms with Crippen LogP contribution in [0.5, 0.6) is 0 Å². The Labute approximate surface area is 168 Å². The normalized spacial score (nSPS) is 18.0. The van der Waals surface area contributed by atoms with Crippen molar-refractivity contribution in [2.45, 2.75) is 31.8 Å². The van der Waals surface area contributed by atoms with E-state index in [0.717, 1.165) is 45.8 Å². The second-order valence-electron chi connectivity index (χ2n) is 6.99. The Morgan fingerprint density at radius 2 is 1.67 bits per heavy atom. The van der Waals surface area contributed by atoms with Crippen LogP contribution in [0, 0.1) is 13.8 Å². The Balaban J connectivity index is 1.68. The van der Waals surface area contributed by atoms with Gasteiger partial charge in [-0.25, -0.2) is 13.4 Å². The fraction of sp³-hybridized carbons (Fsp3) is 0.421. The van der Waals surface area contributed by atoms with Gasteiger partial charge < -0.3 is 9.64 Å². The van der Waals surface area contributed by atoms with Crippen LogP contribution in [-0.4, -0.2) is 44.0 Å². The van der Waals surface area contributed by atoms with E-state index in [4.69, 9.17) is 9.72 Å². The molecule has 144 valence electrons. The molecule has 2 aliphatic rings. The lowest BCUT2D eigenvalue weighted by molar-refractivity contribution is 0.122. The van der Waals surface area contributed by atoms with Gasteiger partial charge >= 0.3 is 0 Å². The Morgan fingerprint density at radius 1 is 1.04 bits per heavy atom. The molecular formula is C19H22BrN3O3S. The Morgan fingerprint density at radius 3 is 2.33 bits per heavy atom. The number of rotatable bonds is 3. The van der Waals surface area contributed by atoms with Gasteiger partial charge in [-0.05, 0) is 53.0 Å². The summed E-state index contributed by atoms with van der Waals surface area (Å²) in [4.78, 5) is 7.27. The van der Waals surface area contributed by atoms with E-state index in [9.17, 15) is 8.42 Å². The first kappa shape index (κ1) is 18.9. The van der Waals surface area contributed by atoms with Gasteiger partial charge in [-0.1, -0.05) is 17.7 Å². The van der Waals surface area contributed by atoms with Gasteiger partial charge in [0.15, 0.2) is 0 Å². The summed E-state index contributed by atoms with van der Waals surface area (Å²) in [5.41, 5.74) is 4.10. The molecule has 0 unspecified atom stereocenters. The van der Waals surface area contributed by atoms with E-state index < -0.39 is 10.0 Å². The minimum absolute atomic E-state index is 0.330. The molecule has 1 aromatic heterocycles. The Hall–Kier alpha value is -1.48. The van der Waals surface area contributed by atoms with Gasteiger partial charge in [0, 0.05) is 31.7 Å². The van der Waals surface area contributed by atoms with E-state index in [1.165, 1.54) is 4.31 Å². The molecule has 8 heteroatoms. The molecule has 3 heterocycles. The van der Waals surface area contributed by atoms with Crippen LogP contribution in [0.25, 0.3) is 0 Å². The minimum atomic E-state index is -3.54. The first-order chi connectivity index (χ1) is 12.9. The standard InChI is InChI=1S/C19H22BrN3O3S/c1-13-3-5-15(6-4-13)27(24,25)23-11-16-14(2)19(21-18(20)17(16)12-23)22-7-9-26-10-8-22/h3-6H,7-12H2,1-2H3. The van der Waals surface area contributed by atoms with Crippen molar-refractivity contribution in [3.63, 3.8) is 0 Å². The van der Waals surface area contributed by atoms with Crippen LogP contribution >= 0.6 is 15.9 Å². The first-order valence-corrected chi connectivity index (χ1v) is 11.2. The van der Waals surface area contributed by atoms with E-state index in [2.05, 4.69) is 20.8 Å².